The molecule has 0 atom stereocenters. The molecule has 0 aliphatic rings. The minimum absolute atomic E-state index is 1.22. The average Bonchev–Trinajstić information content (AvgIpc) is 2.65. The maximum atomic E-state index is 2.29. The van der Waals surface area contributed by atoms with Gasteiger partial charge in [-0.1, -0.05) is 102 Å². The Kier molecular flexibility index (Phi) is 15.0. The van der Waals surface area contributed by atoms with Crippen LogP contribution in [0.2, 0.25) is 0 Å². The highest BCUT2D eigenvalue weighted by molar-refractivity contribution is 8.02. The molecule has 0 aliphatic heterocycles. The first kappa shape index (κ1) is 22.4. The number of thioether (sulfide) groups is 1. The molecule has 0 fully saturated rings. The Bertz CT molecular complexity index is 418. The Morgan fingerprint density at radius 3 is 1.84 bits per heavy atom. The SMILES string of the molecule is CCCCCCCCCCCCS/C=C\c1ccc(CCCC)cc1. The Labute approximate surface area is 161 Å². The van der Waals surface area contributed by atoms with Gasteiger partial charge in [0, 0.05) is 0 Å². The van der Waals surface area contributed by atoms with Crippen molar-refractivity contribution in [3.8, 4) is 0 Å². The van der Waals surface area contributed by atoms with Gasteiger partial charge in [-0.2, -0.15) is 0 Å². The quantitative estimate of drug-likeness (QED) is 0.266. The summed E-state index contributed by atoms with van der Waals surface area (Å²) < 4.78 is 0. The Morgan fingerprint density at radius 2 is 1.24 bits per heavy atom. The van der Waals surface area contributed by atoms with Crippen LogP contribution < -0.4 is 0 Å². The van der Waals surface area contributed by atoms with Crippen molar-refractivity contribution in [2.24, 2.45) is 0 Å². The van der Waals surface area contributed by atoms with Gasteiger partial charge in [-0.25, -0.2) is 0 Å². The lowest BCUT2D eigenvalue weighted by Gasteiger charge is -2.02. The van der Waals surface area contributed by atoms with E-state index in [1.54, 1.807) is 0 Å². The summed E-state index contributed by atoms with van der Waals surface area (Å²) in [6, 6.07) is 9.07. The largest absolute Gasteiger partial charge is 0.134 e. The van der Waals surface area contributed by atoms with E-state index in [9.17, 15) is 0 Å². The van der Waals surface area contributed by atoms with E-state index in [0.717, 1.165) is 0 Å². The molecule has 0 bridgehead atoms. The van der Waals surface area contributed by atoms with Crippen LogP contribution in [0.3, 0.4) is 0 Å². The van der Waals surface area contributed by atoms with Crippen LogP contribution in [-0.4, -0.2) is 5.75 Å². The monoisotopic (exact) mass is 360 g/mol. The van der Waals surface area contributed by atoms with Gasteiger partial charge < -0.3 is 0 Å². The molecule has 0 saturated carbocycles. The number of hydrogen-bond donors (Lipinski definition) is 0. The van der Waals surface area contributed by atoms with Crippen molar-refractivity contribution in [3.63, 3.8) is 0 Å². The van der Waals surface area contributed by atoms with Gasteiger partial charge in [0.2, 0.25) is 0 Å². The van der Waals surface area contributed by atoms with E-state index in [-0.39, 0.29) is 0 Å². The molecule has 1 aromatic carbocycles. The molecule has 0 aromatic heterocycles. The molecule has 0 unspecified atom stereocenters. The molecule has 1 heteroatoms. The molecule has 0 nitrogen and oxygen atoms in total. The van der Waals surface area contributed by atoms with Crippen LogP contribution in [-0.2, 0) is 6.42 Å². The Balaban J connectivity index is 1.94. The molecule has 142 valence electrons. The first-order valence-corrected chi connectivity index (χ1v) is 11.8. The third-order valence-corrected chi connectivity index (χ3v) is 5.62. The molecule has 1 aromatic rings. The number of rotatable bonds is 16. The van der Waals surface area contributed by atoms with Gasteiger partial charge >= 0.3 is 0 Å². The molecule has 0 aliphatic carbocycles. The zero-order chi connectivity index (χ0) is 18.0. The second kappa shape index (κ2) is 16.8. The number of aryl methyl sites for hydroxylation is 1. The van der Waals surface area contributed by atoms with Crippen molar-refractivity contribution in [3.05, 3.63) is 40.8 Å². The van der Waals surface area contributed by atoms with Crippen LogP contribution in [0.1, 0.15) is 102 Å². The molecule has 1 rings (SSSR count). The Morgan fingerprint density at radius 1 is 0.680 bits per heavy atom. The summed E-state index contributed by atoms with van der Waals surface area (Å²) in [5.74, 6) is 1.27. The fourth-order valence-corrected chi connectivity index (χ4v) is 3.80. The molecule has 0 amide bonds. The molecule has 0 radical (unpaired) electrons. The van der Waals surface area contributed by atoms with Gasteiger partial charge in [-0.05, 0) is 47.6 Å². The summed E-state index contributed by atoms with van der Waals surface area (Å²) >= 11 is 1.96. The lowest BCUT2D eigenvalue weighted by molar-refractivity contribution is 0.563. The smallest absolute Gasteiger partial charge is 0.00260 e. The van der Waals surface area contributed by atoms with E-state index in [0.29, 0.717) is 0 Å². The summed E-state index contributed by atoms with van der Waals surface area (Å²) in [5, 5.41) is 2.27. The van der Waals surface area contributed by atoms with Gasteiger partial charge in [0.05, 0.1) is 0 Å². The number of benzene rings is 1. The maximum absolute atomic E-state index is 2.29. The van der Waals surface area contributed by atoms with Gasteiger partial charge in [0.15, 0.2) is 0 Å². The normalized spacial score (nSPS) is 11.4. The van der Waals surface area contributed by atoms with Gasteiger partial charge in [-0.15, -0.1) is 11.8 Å². The second-order valence-corrected chi connectivity index (χ2v) is 8.21. The van der Waals surface area contributed by atoms with E-state index >= 15 is 0 Å². The van der Waals surface area contributed by atoms with E-state index < -0.39 is 0 Å². The van der Waals surface area contributed by atoms with Crippen LogP contribution in [0.5, 0.6) is 0 Å². The minimum atomic E-state index is 1.22. The van der Waals surface area contributed by atoms with Crippen LogP contribution in [0.15, 0.2) is 29.7 Å². The van der Waals surface area contributed by atoms with Crippen molar-refractivity contribution in [2.75, 3.05) is 5.75 Å². The first-order valence-electron chi connectivity index (χ1n) is 10.7. The van der Waals surface area contributed by atoms with Crippen LogP contribution in [0, 0.1) is 0 Å². The zero-order valence-electron chi connectivity index (χ0n) is 16.8. The van der Waals surface area contributed by atoms with E-state index in [1.165, 1.54) is 100 Å². The number of unbranched alkanes of at least 4 members (excludes halogenated alkanes) is 10. The van der Waals surface area contributed by atoms with E-state index in [1.807, 2.05) is 11.8 Å². The van der Waals surface area contributed by atoms with Gasteiger partial charge in [0.25, 0.3) is 0 Å². The van der Waals surface area contributed by atoms with Gasteiger partial charge in [-0.3, -0.25) is 0 Å². The molecule has 0 N–H and O–H groups in total. The maximum Gasteiger partial charge on any atom is -0.00260 e. The predicted molar refractivity (Wildman–Crippen MR) is 118 cm³/mol. The highest BCUT2D eigenvalue weighted by atomic mass is 32.2. The number of hydrogen-bond acceptors (Lipinski definition) is 1. The summed E-state index contributed by atoms with van der Waals surface area (Å²) in [6.07, 6.45) is 20.3. The molecular formula is C24H40S. The van der Waals surface area contributed by atoms with E-state index in [2.05, 4.69) is 49.6 Å². The first-order chi connectivity index (χ1) is 12.4. The minimum Gasteiger partial charge on any atom is -0.134 e. The lowest BCUT2D eigenvalue weighted by atomic mass is 10.1. The molecule has 0 spiro atoms. The predicted octanol–water partition coefficient (Wildman–Crippen LogP) is 8.65. The molecule has 25 heavy (non-hydrogen) atoms. The summed E-state index contributed by atoms with van der Waals surface area (Å²) in [6.45, 7) is 4.54. The van der Waals surface area contributed by atoms with Crippen LogP contribution >= 0.6 is 11.8 Å². The Hall–Kier alpha value is -0.690. The van der Waals surface area contributed by atoms with Gasteiger partial charge in [0.1, 0.15) is 0 Å². The fourth-order valence-electron chi connectivity index (χ4n) is 3.04. The molecular weight excluding hydrogens is 320 g/mol. The van der Waals surface area contributed by atoms with Crippen molar-refractivity contribution >= 4 is 17.8 Å². The summed E-state index contributed by atoms with van der Waals surface area (Å²) in [4.78, 5) is 0. The average molecular weight is 361 g/mol. The highest BCUT2D eigenvalue weighted by Gasteiger charge is 1.94. The summed E-state index contributed by atoms with van der Waals surface area (Å²) in [7, 11) is 0. The van der Waals surface area contributed by atoms with E-state index in [4.69, 9.17) is 0 Å². The third-order valence-electron chi connectivity index (χ3n) is 4.77. The standard InChI is InChI=1S/C24H40S/c1-3-5-7-8-9-10-11-12-13-14-21-25-22-20-24-18-16-23(17-19-24)15-6-4-2/h16-20,22H,3-15,21H2,1-2H3/b22-20-. The van der Waals surface area contributed by atoms with Crippen LogP contribution in [0.4, 0.5) is 0 Å². The van der Waals surface area contributed by atoms with Crippen molar-refractivity contribution in [1.82, 2.24) is 0 Å². The topological polar surface area (TPSA) is 0 Å². The lowest BCUT2D eigenvalue weighted by Crippen LogP contribution is -1.84. The fraction of sp³-hybridized carbons (Fsp3) is 0.667. The highest BCUT2D eigenvalue weighted by Crippen LogP contribution is 2.15. The molecule has 0 saturated heterocycles. The third kappa shape index (κ3) is 13.2. The van der Waals surface area contributed by atoms with Crippen LogP contribution in [0.25, 0.3) is 6.08 Å². The molecule has 0 heterocycles. The van der Waals surface area contributed by atoms with Crippen molar-refractivity contribution < 1.29 is 0 Å². The van der Waals surface area contributed by atoms with Crippen molar-refractivity contribution in [2.45, 2.75) is 97.3 Å². The second-order valence-electron chi connectivity index (χ2n) is 7.20. The summed E-state index contributed by atoms with van der Waals surface area (Å²) in [5.41, 5.74) is 2.80. The zero-order valence-corrected chi connectivity index (χ0v) is 17.6. The van der Waals surface area contributed by atoms with Crippen molar-refractivity contribution in [1.29, 1.82) is 0 Å².